The van der Waals surface area contributed by atoms with Crippen molar-refractivity contribution in [1.29, 1.82) is 5.26 Å². The number of nitriles is 1. The summed E-state index contributed by atoms with van der Waals surface area (Å²) in [7, 11) is 0. The van der Waals surface area contributed by atoms with Crippen molar-refractivity contribution in [3.63, 3.8) is 0 Å². The molecule has 1 aromatic carbocycles. The molecule has 0 bridgehead atoms. The molecule has 0 aliphatic heterocycles. The van der Waals surface area contributed by atoms with Gasteiger partial charge in [-0.1, -0.05) is 13.0 Å². The number of nitrogens with zero attached hydrogens (tertiary/aromatic N) is 1. The molecular weight excluding hydrogens is 258 g/mol. The third kappa shape index (κ3) is 1.76. The summed E-state index contributed by atoms with van der Waals surface area (Å²) >= 11 is 0. The fourth-order valence-corrected chi connectivity index (χ4v) is 5.78. The summed E-state index contributed by atoms with van der Waals surface area (Å²) in [6, 6.07) is 8.56. The number of aryl methyl sites for hydroxylation is 1. The fraction of sp³-hybridized carbons (Fsp3) is 0.632. The minimum Gasteiger partial charge on any atom is -0.508 e. The van der Waals surface area contributed by atoms with Gasteiger partial charge in [-0.25, -0.2) is 0 Å². The second-order valence-electron chi connectivity index (χ2n) is 7.60. The quantitative estimate of drug-likeness (QED) is 0.766. The van der Waals surface area contributed by atoms with Gasteiger partial charge in [-0.2, -0.15) is 5.26 Å². The molecule has 0 aromatic heterocycles. The van der Waals surface area contributed by atoms with E-state index in [1.807, 2.05) is 12.1 Å². The lowest BCUT2D eigenvalue weighted by molar-refractivity contribution is 0.0427. The molecule has 4 rings (SSSR count). The Bertz CT molecular complexity index is 616. The summed E-state index contributed by atoms with van der Waals surface area (Å²) in [6.07, 6.45) is 7.08. The first-order valence-electron chi connectivity index (χ1n) is 8.35. The van der Waals surface area contributed by atoms with E-state index in [-0.39, 0.29) is 11.3 Å². The normalized spacial score (nSPS) is 40.8. The van der Waals surface area contributed by atoms with Crippen molar-refractivity contribution >= 4 is 0 Å². The van der Waals surface area contributed by atoms with E-state index in [2.05, 4.69) is 19.1 Å². The topological polar surface area (TPSA) is 44.0 Å². The molecule has 0 heterocycles. The number of phenols is 1. The highest BCUT2D eigenvalue weighted by Crippen LogP contribution is 2.62. The van der Waals surface area contributed by atoms with Crippen molar-refractivity contribution in [2.24, 2.45) is 23.2 Å². The molecule has 21 heavy (non-hydrogen) atoms. The summed E-state index contributed by atoms with van der Waals surface area (Å²) in [4.78, 5) is 0. The largest absolute Gasteiger partial charge is 0.508 e. The Morgan fingerprint density at radius 1 is 1.24 bits per heavy atom. The Morgan fingerprint density at radius 2 is 2.10 bits per heavy atom. The molecule has 2 fully saturated rings. The van der Waals surface area contributed by atoms with Gasteiger partial charge < -0.3 is 5.11 Å². The lowest BCUT2D eigenvalue weighted by atomic mass is 9.54. The molecule has 0 radical (unpaired) electrons. The zero-order valence-electron chi connectivity index (χ0n) is 12.7. The zero-order valence-corrected chi connectivity index (χ0v) is 12.7. The van der Waals surface area contributed by atoms with E-state index in [4.69, 9.17) is 0 Å². The predicted molar refractivity (Wildman–Crippen MR) is 81.8 cm³/mol. The molecule has 3 unspecified atom stereocenters. The van der Waals surface area contributed by atoms with Crippen molar-refractivity contribution in [3.05, 3.63) is 29.3 Å². The third-order valence-corrected chi connectivity index (χ3v) is 6.87. The number of hydrogen-bond acceptors (Lipinski definition) is 2. The maximum atomic E-state index is 9.71. The van der Waals surface area contributed by atoms with E-state index < -0.39 is 0 Å². The van der Waals surface area contributed by atoms with Crippen LogP contribution in [-0.4, -0.2) is 5.11 Å². The average molecular weight is 281 g/mol. The van der Waals surface area contributed by atoms with Crippen molar-refractivity contribution in [1.82, 2.24) is 0 Å². The van der Waals surface area contributed by atoms with E-state index in [1.165, 1.54) is 36.8 Å². The van der Waals surface area contributed by atoms with Crippen LogP contribution in [0.1, 0.15) is 56.1 Å². The van der Waals surface area contributed by atoms with Crippen LogP contribution in [0.5, 0.6) is 5.75 Å². The maximum absolute atomic E-state index is 9.71. The van der Waals surface area contributed by atoms with Crippen molar-refractivity contribution in [2.75, 3.05) is 0 Å². The van der Waals surface area contributed by atoms with Gasteiger partial charge in [0.1, 0.15) is 5.75 Å². The van der Waals surface area contributed by atoms with Crippen molar-refractivity contribution < 1.29 is 5.11 Å². The molecule has 0 spiro atoms. The van der Waals surface area contributed by atoms with Gasteiger partial charge in [-0.3, -0.25) is 0 Å². The van der Waals surface area contributed by atoms with Gasteiger partial charge in [0.25, 0.3) is 0 Å². The SMILES string of the molecule is C[C@]12CCC3c4ccc(O)cc4CCC3C1CC[C@@H]2C#N. The number of rotatable bonds is 0. The van der Waals surface area contributed by atoms with Gasteiger partial charge in [0.05, 0.1) is 12.0 Å². The minimum absolute atomic E-state index is 0.254. The van der Waals surface area contributed by atoms with E-state index >= 15 is 0 Å². The monoisotopic (exact) mass is 281 g/mol. The first-order valence-corrected chi connectivity index (χ1v) is 8.35. The molecule has 3 aliphatic rings. The Labute approximate surface area is 126 Å². The van der Waals surface area contributed by atoms with Gasteiger partial charge in [0, 0.05) is 0 Å². The number of aromatic hydroxyl groups is 1. The fourth-order valence-electron chi connectivity index (χ4n) is 5.78. The highest BCUT2D eigenvalue weighted by molar-refractivity contribution is 5.40. The second kappa shape index (κ2) is 4.50. The first-order chi connectivity index (χ1) is 10.1. The van der Waals surface area contributed by atoms with Gasteiger partial charge in [0.15, 0.2) is 0 Å². The Morgan fingerprint density at radius 3 is 2.90 bits per heavy atom. The molecule has 5 atom stereocenters. The molecule has 0 amide bonds. The number of fused-ring (bicyclic) bond motifs is 5. The summed E-state index contributed by atoms with van der Waals surface area (Å²) in [6.45, 7) is 2.38. The first kappa shape index (κ1) is 13.2. The molecule has 3 aliphatic carbocycles. The van der Waals surface area contributed by atoms with Crippen LogP contribution in [0, 0.1) is 34.5 Å². The van der Waals surface area contributed by atoms with E-state index in [0.29, 0.717) is 11.7 Å². The lowest BCUT2D eigenvalue weighted by Crippen LogP contribution is -2.42. The van der Waals surface area contributed by atoms with Crippen LogP contribution in [-0.2, 0) is 6.42 Å². The number of hydrogen-bond donors (Lipinski definition) is 1. The predicted octanol–water partition coefficient (Wildman–Crippen LogP) is 4.39. The number of phenolic OH excluding ortho intramolecular Hbond substituents is 1. The third-order valence-electron chi connectivity index (χ3n) is 6.87. The minimum atomic E-state index is 0.254. The van der Waals surface area contributed by atoms with Gasteiger partial charge in [0.2, 0.25) is 0 Å². The van der Waals surface area contributed by atoms with Crippen LogP contribution in [0.2, 0.25) is 0 Å². The summed E-state index contributed by atoms with van der Waals surface area (Å²) in [5.74, 6) is 2.80. The van der Waals surface area contributed by atoms with Crippen LogP contribution >= 0.6 is 0 Å². The molecule has 2 saturated carbocycles. The molecule has 1 N–H and O–H groups in total. The van der Waals surface area contributed by atoms with Crippen molar-refractivity contribution in [2.45, 2.75) is 51.4 Å². The number of benzene rings is 1. The van der Waals surface area contributed by atoms with Gasteiger partial charge in [-0.15, -0.1) is 0 Å². The lowest BCUT2D eigenvalue weighted by Gasteiger charge is -2.50. The summed E-state index contributed by atoms with van der Waals surface area (Å²) in [5, 5.41) is 19.2. The van der Waals surface area contributed by atoms with Crippen LogP contribution in [0.25, 0.3) is 0 Å². The molecule has 2 nitrogen and oxygen atoms in total. The van der Waals surface area contributed by atoms with Crippen LogP contribution in [0.3, 0.4) is 0 Å². The summed E-state index contributed by atoms with van der Waals surface area (Å²) in [5.41, 5.74) is 3.09. The van der Waals surface area contributed by atoms with Gasteiger partial charge >= 0.3 is 0 Å². The van der Waals surface area contributed by atoms with E-state index in [0.717, 1.165) is 24.7 Å². The second-order valence-corrected chi connectivity index (χ2v) is 7.60. The standard InChI is InChI=1S/C19H23NO/c1-19-9-8-16-15-6-4-14(21)10-12(15)2-5-17(16)18(19)7-3-13(19)11-20/h4,6,10,13,16-18,21H,2-3,5,7-9H2,1H3/t13-,16?,17?,18?,19-/m1/s1. The van der Waals surface area contributed by atoms with Gasteiger partial charge in [-0.05, 0) is 85.0 Å². The van der Waals surface area contributed by atoms with Crippen molar-refractivity contribution in [3.8, 4) is 11.8 Å². The van der Waals surface area contributed by atoms with Crippen LogP contribution in [0.15, 0.2) is 18.2 Å². The van der Waals surface area contributed by atoms with Crippen LogP contribution < -0.4 is 0 Å². The molecule has 110 valence electrons. The Kier molecular flexibility index (Phi) is 2.83. The van der Waals surface area contributed by atoms with E-state index in [1.54, 1.807) is 0 Å². The molecule has 0 saturated heterocycles. The van der Waals surface area contributed by atoms with Crippen LogP contribution in [0.4, 0.5) is 0 Å². The summed E-state index contributed by atoms with van der Waals surface area (Å²) < 4.78 is 0. The molecular formula is C19H23NO. The molecule has 1 aromatic rings. The van der Waals surface area contributed by atoms with E-state index in [9.17, 15) is 10.4 Å². The molecule has 2 heteroatoms. The average Bonchev–Trinajstić information content (AvgIpc) is 2.83. The maximum Gasteiger partial charge on any atom is 0.115 e. The Balaban J connectivity index is 1.70. The highest BCUT2D eigenvalue weighted by Gasteiger charge is 2.54. The smallest absolute Gasteiger partial charge is 0.115 e. The highest BCUT2D eigenvalue weighted by atomic mass is 16.3. The zero-order chi connectivity index (χ0) is 14.6. The Hall–Kier alpha value is -1.49.